The zero-order chi connectivity index (χ0) is 22.0. The van der Waals surface area contributed by atoms with Crippen LogP contribution in [0.25, 0.3) is 0 Å². The predicted octanol–water partition coefficient (Wildman–Crippen LogP) is 1.98. The van der Waals surface area contributed by atoms with E-state index in [9.17, 15) is 9.59 Å². The van der Waals surface area contributed by atoms with Gasteiger partial charge in [0.1, 0.15) is 5.82 Å². The molecule has 2 atom stereocenters. The summed E-state index contributed by atoms with van der Waals surface area (Å²) in [7, 11) is 0. The zero-order valence-corrected chi connectivity index (χ0v) is 18.2. The highest BCUT2D eigenvalue weighted by Gasteiger charge is 2.50. The Morgan fingerprint density at radius 1 is 1.12 bits per heavy atom. The van der Waals surface area contributed by atoms with Crippen LogP contribution in [0.4, 0.5) is 5.82 Å². The van der Waals surface area contributed by atoms with E-state index in [2.05, 4.69) is 20.2 Å². The molecule has 1 spiro atoms. The molecule has 0 saturated carbocycles. The number of hydrogen-bond acceptors (Lipinski definition) is 6. The van der Waals surface area contributed by atoms with Crippen molar-refractivity contribution in [2.75, 3.05) is 44.3 Å². The normalized spacial score (nSPS) is 26.1. The van der Waals surface area contributed by atoms with Crippen LogP contribution in [0.15, 0.2) is 42.7 Å². The highest BCUT2D eigenvalue weighted by Crippen LogP contribution is 2.40. The van der Waals surface area contributed by atoms with E-state index in [1.807, 2.05) is 29.2 Å². The van der Waals surface area contributed by atoms with Crippen LogP contribution < -0.4 is 10.2 Å². The van der Waals surface area contributed by atoms with Crippen molar-refractivity contribution < 1.29 is 14.3 Å². The van der Waals surface area contributed by atoms with Crippen LogP contribution >= 0.6 is 0 Å². The lowest BCUT2D eigenvalue weighted by Gasteiger charge is -2.34. The van der Waals surface area contributed by atoms with E-state index in [0.29, 0.717) is 38.3 Å². The fourth-order valence-corrected chi connectivity index (χ4v) is 5.23. The zero-order valence-electron chi connectivity index (χ0n) is 18.2. The van der Waals surface area contributed by atoms with Crippen molar-refractivity contribution in [1.82, 2.24) is 20.2 Å². The first kappa shape index (κ1) is 20.9. The molecular formula is C24H29N5O3. The fraction of sp³-hybridized carbons (Fsp3) is 0.500. The highest BCUT2D eigenvalue weighted by molar-refractivity contribution is 5.95. The van der Waals surface area contributed by atoms with Crippen LogP contribution in [0.5, 0.6) is 0 Å². The molecule has 8 nitrogen and oxygen atoms in total. The van der Waals surface area contributed by atoms with E-state index >= 15 is 0 Å². The van der Waals surface area contributed by atoms with Gasteiger partial charge in [-0.3, -0.25) is 14.6 Å². The van der Waals surface area contributed by atoms with Crippen LogP contribution in [0.3, 0.4) is 0 Å². The van der Waals surface area contributed by atoms with E-state index in [1.165, 1.54) is 0 Å². The standard InChI is InChI=1S/C24H29N5O3/c30-22-6-1-3-8-24(27-22)17-29(16-19(24)20-5-2-4-9-25-20)23(31)18-7-10-26-21(15-18)28-11-13-32-14-12-28/h2,4-5,7,9-10,15,19H,1,3,6,8,11-14,16-17H2,(H,27,30)/t19-,24+/m0/s1. The van der Waals surface area contributed by atoms with Crippen molar-refractivity contribution >= 4 is 17.6 Å². The Hall–Kier alpha value is -3.00. The topological polar surface area (TPSA) is 87.7 Å². The number of anilines is 1. The van der Waals surface area contributed by atoms with Crippen molar-refractivity contribution in [1.29, 1.82) is 0 Å². The van der Waals surface area contributed by atoms with Crippen LogP contribution in [0.2, 0.25) is 0 Å². The molecule has 0 aliphatic carbocycles. The maximum absolute atomic E-state index is 13.6. The molecule has 168 valence electrons. The molecule has 2 amide bonds. The molecule has 2 aromatic rings. The number of carbonyl (C=O) groups is 2. The number of ether oxygens (including phenoxy) is 1. The molecule has 3 saturated heterocycles. The van der Waals surface area contributed by atoms with Gasteiger partial charge in [0, 0.05) is 62.2 Å². The van der Waals surface area contributed by atoms with Gasteiger partial charge in [-0.05, 0) is 37.1 Å². The van der Waals surface area contributed by atoms with Crippen LogP contribution in [0.1, 0.15) is 47.7 Å². The third-order valence-corrected chi connectivity index (χ3v) is 6.87. The van der Waals surface area contributed by atoms with E-state index < -0.39 is 5.54 Å². The summed E-state index contributed by atoms with van der Waals surface area (Å²) in [6.07, 6.45) is 6.71. The van der Waals surface area contributed by atoms with Gasteiger partial charge in [-0.1, -0.05) is 12.5 Å². The summed E-state index contributed by atoms with van der Waals surface area (Å²) in [6, 6.07) is 9.51. The van der Waals surface area contributed by atoms with E-state index in [-0.39, 0.29) is 17.7 Å². The van der Waals surface area contributed by atoms with Crippen LogP contribution in [-0.4, -0.2) is 71.6 Å². The number of morpholine rings is 1. The summed E-state index contributed by atoms with van der Waals surface area (Å²) >= 11 is 0. The third kappa shape index (κ3) is 4.07. The Morgan fingerprint density at radius 3 is 2.81 bits per heavy atom. The summed E-state index contributed by atoms with van der Waals surface area (Å²) < 4.78 is 5.43. The van der Waals surface area contributed by atoms with E-state index in [4.69, 9.17) is 4.74 Å². The number of rotatable bonds is 3. The Kier molecular flexibility index (Phi) is 5.78. The van der Waals surface area contributed by atoms with Gasteiger partial charge in [-0.2, -0.15) is 0 Å². The molecule has 0 aromatic carbocycles. The van der Waals surface area contributed by atoms with Gasteiger partial charge in [0.05, 0.1) is 18.8 Å². The lowest BCUT2D eigenvalue weighted by atomic mass is 9.81. The molecule has 1 N–H and O–H groups in total. The molecule has 3 aliphatic rings. The molecule has 5 heterocycles. The lowest BCUT2D eigenvalue weighted by molar-refractivity contribution is -0.122. The number of nitrogens with zero attached hydrogens (tertiary/aromatic N) is 4. The monoisotopic (exact) mass is 435 g/mol. The maximum Gasteiger partial charge on any atom is 0.254 e. The molecular weight excluding hydrogens is 406 g/mol. The second-order valence-corrected chi connectivity index (χ2v) is 8.91. The van der Waals surface area contributed by atoms with Crippen LogP contribution in [0, 0.1) is 0 Å². The molecule has 3 fully saturated rings. The summed E-state index contributed by atoms with van der Waals surface area (Å²) in [5.74, 6) is 0.807. The number of pyridine rings is 2. The predicted molar refractivity (Wildman–Crippen MR) is 119 cm³/mol. The quantitative estimate of drug-likeness (QED) is 0.793. The molecule has 32 heavy (non-hydrogen) atoms. The average molecular weight is 436 g/mol. The van der Waals surface area contributed by atoms with Gasteiger partial charge in [0.2, 0.25) is 5.91 Å². The Morgan fingerprint density at radius 2 is 2.00 bits per heavy atom. The van der Waals surface area contributed by atoms with Gasteiger partial charge < -0.3 is 19.9 Å². The van der Waals surface area contributed by atoms with E-state index in [1.54, 1.807) is 18.5 Å². The minimum Gasteiger partial charge on any atom is -0.378 e. The molecule has 5 rings (SSSR count). The summed E-state index contributed by atoms with van der Waals surface area (Å²) in [5.41, 5.74) is 1.07. The molecule has 0 radical (unpaired) electrons. The van der Waals surface area contributed by atoms with Gasteiger partial charge in [-0.25, -0.2) is 4.98 Å². The third-order valence-electron chi connectivity index (χ3n) is 6.87. The second kappa shape index (κ2) is 8.86. The second-order valence-electron chi connectivity index (χ2n) is 8.91. The van der Waals surface area contributed by atoms with Gasteiger partial charge in [0.25, 0.3) is 5.91 Å². The maximum atomic E-state index is 13.6. The SMILES string of the molecule is O=C1CCCC[C@]2(CN(C(=O)c3ccnc(N4CCOCC4)c3)C[C@H]2c2ccccn2)N1. The van der Waals surface area contributed by atoms with Crippen molar-refractivity contribution in [3.8, 4) is 0 Å². The lowest BCUT2D eigenvalue weighted by Crippen LogP contribution is -2.53. The highest BCUT2D eigenvalue weighted by atomic mass is 16.5. The number of aromatic nitrogens is 2. The van der Waals surface area contributed by atoms with Gasteiger partial charge in [0.15, 0.2) is 0 Å². The fourth-order valence-electron chi connectivity index (χ4n) is 5.23. The summed E-state index contributed by atoms with van der Waals surface area (Å²) in [5, 5.41) is 3.29. The average Bonchev–Trinajstić information content (AvgIpc) is 3.10. The smallest absolute Gasteiger partial charge is 0.254 e. The van der Waals surface area contributed by atoms with Crippen LogP contribution in [-0.2, 0) is 9.53 Å². The van der Waals surface area contributed by atoms with Crippen molar-refractivity contribution in [2.24, 2.45) is 0 Å². The Bertz CT molecular complexity index is 979. The van der Waals surface area contributed by atoms with Gasteiger partial charge in [-0.15, -0.1) is 0 Å². The minimum atomic E-state index is -0.475. The molecule has 8 heteroatoms. The van der Waals surface area contributed by atoms with Crippen molar-refractivity contribution in [3.05, 3.63) is 54.0 Å². The first-order chi connectivity index (χ1) is 15.6. The van der Waals surface area contributed by atoms with Gasteiger partial charge >= 0.3 is 0 Å². The number of hydrogen-bond donors (Lipinski definition) is 1. The first-order valence-corrected chi connectivity index (χ1v) is 11.4. The molecule has 0 unspecified atom stereocenters. The minimum absolute atomic E-state index is 0.0294. The van der Waals surface area contributed by atoms with Crippen molar-refractivity contribution in [3.63, 3.8) is 0 Å². The largest absolute Gasteiger partial charge is 0.378 e. The number of nitrogens with one attached hydrogen (secondary N) is 1. The molecule has 2 aromatic heterocycles. The first-order valence-electron chi connectivity index (χ1n) is 11.4. The Labute approximate surface area is 188 Å². The Balaban J connectivity index is 1.43. The summed E-state index contributed by atoms with van der Waals surface area (Å²) in [6.45, 7) is 3.90. The summed E-state index contributed by atoms with van der Waals surface area (Å²) in [4.78, 5) is 39.2. The number of likely N-dealkylation sites (tertiary alicyclic amines) is 1. The molecule has 0 bridgehead atoms. The van der Waals surface area contributed by atoms with E-state index in [0.717, 1.165) is 43.9 Å². The molecule has 3 aliphatic heterocycles. The van der Waals surface area contributed by atoms with Crippen molar-refractivity contribution in [2.45, 2.75) is 37.1 Å². The number of amides is 2. The number of carbonyl (C=O) groups excluding carboxylic acids is 2.